The molecule has 5 rings (SSSR count). The average molecular weight is 399 g/mol. The van der Waals surface area contributed by atoms with Gasteiger partial charge in [0.15, 0.2) is 5.76 Å². The van der Waals surface area contributed by atoms with Gasteiger partial charge in [-0.3, -0.25) is 4.79 Å². The lowest BCUT2D eigenvalue weighted by atomic mass is 10.1. The molecule has 1 saturated heterocycles. The summed E-state index contributed by atoms with van der Waals surface area (Å²) in [5.74, 6) is 1.27. The highest BCUT2D eigenvalue weighted by molar-refractivity contribution is 6.01. The zero-order chi connectivity index (χ0) is 20.5. The van der Waals surface area contributed by atoms with Crippen LogP contribution in [0.25, 0.3) is 22.2 Å². The molecule has 0 saturated carbocycles. The summed E-state index contributed by atoms with van der Waals surface area (Å²) < 4.78 is 11.5. The number of nitrogens with zero attached hydrogens (tertiary/aromatic N) is 3. The molecule has 2 aromatic heterocycles. The van der Waals surface area contributed by atoms with Crippen molar-refractivity contribution in [2.45, 2.75) is 19.4 Å². The van der Waals surface area contributed by atoms with Crippen LogP contribution in [-0.2, 0) is 0 Å². The van der Waals surface area contributed by atoms with E-state index in [1.54, 1.807) is 6.07 Å². The molecule has 0 bridgehead atoms. The smallest absolute Gasteiger partial charge is 0.254 e. The zero-order valence-electron chi connectivity index (χ0n) is 16.6. The summed E-state index contributed by atoms with van der Waals surface area (Å²) in [6.45, 7) is 3.13. The Morgan fingerprint density at radius 1 is 1.10 bits per heavy atom. The lowest BCUT2D eigenvalue weighted by molar-refractivity contribution is 0.0771. The summed E-state index contributed by atoms with van der Waals surface area (Å²) in [5.41, 5.74) is 3.20. The highest BCUT2D eigenvalue weighted by Gasteiger charge is 2.29. The maximum atomic E-state index is 13.1. The van der Waals surface area contributed by atoms with Crippen LogP contribution >= 0.6 is 0 Å². The molecular weight excluding hydrogens is 378 g/mol. The van der Waals surface area contributed by atoms with Crippen molar-refractivity contribution in [2.75, 3.05) is 13.1 Å². The lowest BCUT2D eigenvalue weighted by Crippen LogP contribution is -2.31. The van der Waals surface area contributed by atoms with Gasteiger partial charge in [0, 0.05) is 35.9 Å². The number of carbonyl (C=O) groups excluding carboxylic acids is 1. The Morgan fingerprint density at radius 2 is 1.97 bits per heavy atom. The number of rotatable bonds is 4. The summed E-state index contributed by atoms with van der Waals surface area (Å²) >= 11 is 0. The van der Waals surface area contributed by atoms with Crippen molar-refractivity contribution in [1.82, 2.24) is 15.0 Å². The second kappa shape index (κ2) is 7.63. The number of aryl methyl sites for hydroxylation is 1. The molecule has 30 heavy (non-hydrogen) atoms. The first-order chi connectivity index (χ1) is 14.7. The summed E-state index contributed by atoms with van der Waals surface area (Å²) in [6.07, 6.45) is 0.731. The van der Waals surface area contributed by atoms with Crippen molar-refractivity contribution < 1.29 is 14.1 Å². The number of carbonyl (C=O) groups is 1. The number of hydrogen-bond donors (Lipinski definition) is 0. The van der Waals surface area contributed by atoms with Gasteiger partial charge in [-0.1, -0.05) is 41.6 Å². The summed E-state index contributed by atoms with van der Waals surface area (Å²) in [5, 5.41) is 4.97. The van der Waals surface area contributed by atoms with Gasteiger partial charge in [-0.25, -0.2) is 4.98 Å². The topological polar surface area (TPSA) is 68.5 Å². The van der Waals surface area contributed by atoms with Crippen LogP contribution < -0.4 is 4.74 Å². The molecule has 0 aliphatic carbocycles. The Labute approximate surface area is 174 Å². The molecule has 0 N–H and O–H groups in total. The molecule has 6 heteroatoms. The molecule has 6 nitrogen and oxygen atoms in total. The third kappa shape index (κ3) is 3.52. The number of pyridine rings is 1. The van der Waals surface area contributed by atoms with Crippen LogP contribution in [0.4, 0.5) is 0 Å². The van der Waals surface area contributed by atoms with Crippen LogP contribution in [0.2, 0.25) is 0 Å². The maximum absolute atomic E-state index is 13.1. The van der Waals surface area contributed by atoms with E-state index in [0.29, 0.717) is 30.3 Å². The normalized spacial score (nSPS) is 16.2. The Morgan fingerprint density at radius 3 is 2.80 bits per heavy atom. The van der Waals surface area contributed by atoms with Crippen molar-refractivity contribution >= 4 is 16.8 Å². The van der Waals surface area contributed by atoms with E-state index >= 15 is 0 Å². The third-order valence-corrected chi connectivity index (χ3v) is 5.34. The predicted octanol–water partition coefficient (Wildman–Crippen LogP) is 4.49. The van der Waals surface area contributed by atoms with Gasteiger partial charge in [0.1, 0.15) is 11.6 Å². The quantitative estimate of drug-likeness (QED) is 0.506. The van der Waals surface area contributed by atoms with Gasteiger partial charge >= 0.3 is 0 Å². The van der Waals surface area contributed by atoms with E-state index in [0.717, 1.165) is 28.6 Å². The van der Waals surface area contributed by atoms with E-state index in [2.05, 4.69) is 10.1 Å². The Bertz CT molecular complexity index is 1200. The van der Waals surface area contributed by atoms with Gasteiger partial charge in [-0.15, -0.1) is 0 Å². The van der Waals surface area contributed by atoms with Crippen LogP contribution in [-0.4, -0.2) is 40.1 Å². The first-order valence-electron chi connectivity index (χ1n) is 10.0. The molecule has 0 spiro atoms. The van der Waals surface area contributed by atoms with Crippen molar-refractivity contribution in [3.63, 3.8) is 0 Å². The average Bonchev–Trinajstić information content (AvgIpc) is 3.40. The SMILES string of the molecule is Cc1cccc(O[C@@H]2CCN(C(=O)c3ccc4noc(-c5ccccc5)c4c3)C2)n1. The monoisotopic (exact) mass is 399 g/mol. The minimum Gasteiger partial charge on any atom is -0.472 e. The second-order valence-electron chi connectivity index (χ2n) is 7.51. The maximum Gasteiger partial charge on any atom is 0.254 e. The van der Waals surface area contributed by atoms with Crippen LogP contribution in [0.5, 0.6) is 5.88 Å². The Balaban J connectivity index is 1.35. The molecular formula is C24H21N3O3. The Kier molecular flexibility index (Phi) is 4.67. The summed E-state index contributed by atoms with van der Waals surface area (Å²) in [6, 6.07) is 21.0. The fourth-order valence-corrected chi connectivity index (χ4v) is 3.82. The molecule has 3 heterocycles. The minimum atomic E-state index is -0.0533. The van der Waals surface area contributed by atoms with Crippen molar-refractivity contribution in [2.24, 2.45) is 0 Å². The van der Waals surface area contributed by atoms with Gasteiger partial charge in [0.2, 0.25) is 5.88 Å². The van der Waals surface area contributed by atoms with Crippen molar-refractivity contribution in [1.29, 1.82) is 0 Å². The van der Waals surface area contributed by atoms with E-state index in [9.17, 15) is 4.79 Å². The van der Waals surface area contributed by atoms with Crippen LogP contribution in [0.3, 0.4) is 0 Å². The van der Waals surface area contributed by atoms with E-state index in [1.165, 1.54) is 0 Å². The molecule has 150 valence electrons. The molecule has 1 amide bonds. The molecule has 1 aliphatic rings. The molecule has 1 aliphatic heterocycles. The molecule has 0 unspecified atom stereocenters. The van der Waals surface area contributed by atoms with E-state index < -0.39 is 0 Å². The minimum absolute atomic E-state index is 0.0135. The fraction of sp³-hybridized carbons (Fsp3) is 0.208. The number of hydrogen-bond acceptors (Lipinski definition) is 5. The van der Waals surface area contributed by atoms with Crippen molar-refractivity contribution in [3.05, 3.63) is 78.0 Å². The molecule has 1 atom stereocenters. The van der Waals surface area contributed by atoms with E-state index in [-0.39, 0.29) is 12.0 Å². The predicted molar refractivity (Wildman–Crippen MR) is 113 cm³/mol. The van der Waals surface area contributed by atoms with Gasteiger partial charge in [-0.2, -0.15) is 0 Å². The third-order valence-electron chi connectivity index (χ3n) is 5.34. The Hall–Kier alpha value is -3.67. The number of amides is 1. The van der Waals surface area contributed by atoms with Gasteiger partial charge in [0.25, 0.3) is 5.91 Å². The van der Waals surface area contributed by atoms with Gasteiger partial charge in [0.05, 0.1) is 11.9 Å². The van der Waals surface area contributed by atoms with E-state index in [1.807, 2.05) is 72.5 Å². The van der Waals surface area contributed by atoms with Crippen LogP contribution in [0, 0.1) is 6.92 Å². The molecule has 0 radical (unpaired) electrons. The number of benzene rings is 2. The van der Waals surface area contributed by atoms with Gasteiger partial charge in [-0.05, 0) is 31.2 Å². The highest BCUT2D eigenvalue weighted by Crippen LogP contribution is 2.30. The van der Waals surface area contributed by atoms with Gasteiger partial charge < -0.3 is 14.2 Å². The van der Waals surface area contributed by atoms with Crippen molar-refractivity contribution in [3.8, 4) is 17.2 Å². The second-order valence-corrected chi connectivity index (χ2v) is 7.51. The number of fused-ring (bicyclic) bond motifs is 1. The molecule has 4 aromatic rings. The zero-order valence-corrected chi connectivity index (χ0v) is 16.6. The molecule has 2 aromatic carbocycles. The lowest BCUT2D eigenvalue weighted by Gasteiger charge is -2.17. The van der Waals surface area contributed by atoms with Crippen LogP contribution in [0.1, 0.15) is 22.5 Å². The standard InChI is InChI=1S/C24H21N3O3/c1-16-6-5-9-22(25-16)29-19-12-13-27(15-19)24(28)18-10-11-21-20(14-18)23(30-26-21)17-7-3-2-4-8-17/h2-11,14,19H,12-13,15H2,1H3/t19-/m1/s1. The van der Waals surface area contributed by atoms with E-state index in [4.69, 9.17) is 9.26 Å². The number of likely N-dealkylation sites (tertiary alicyclic amines) is 1. The highest BCUT2D eigenvalue weighted by atomic mass is 16.5. The molecule has 1 fully saturated rings. The first kappa shape index (κ1) is 18.4. The fourth-order valence-electron chi connectivity index (χ4n) is 3.82. The first-order valence-corrected chi connectivity index (χ1v) is 10.0. The summed E-state index contributed by atoms with van der Waals surface area (Å²) in [4.78, 5) is 19.3. The number of aromatic nitrogens is 2. The largest absolute Gasteiger partial charge is 0.472 e. The number of ether oxygens (including phenoxy) is 1. The van der Waals surface area contributed by atoms with Crippen LogP contribution in [0.15, 0.2) is 71.3 Å². The summed E-state index contributed by atoms with van der Waals surface area (Å²) in [7, 11) is 0.